The number of ether oxygens (including phenoxy) is 1. The van der Waals surface area contributed by atoms with E-state index in [-0.39, 0.29) is 0 Å². The fraction of sp³-hybridized carbons (Fsp3) is 0.600. The highest BCUT2D eigenvalue weighted by Gasteiger charge is 2.30. The summed E-state index contributed by atoms with van der Waals surface area (Å²) in [6.45, 7) is 4.34. The summed E-state index contributed by atoms with van der Waals surface area (Å²) in [7, 11) is 1.62. The molecule has 2 aromatic heterocycles. The number of hydrogen-bond acceptors (Lipinski definition) is 8. The van der Waals surface area contributed by atoms with Gasteiger partial charge in [0.1, 0.15) is 0 Å². The van der Waals surface area contributed by atoms with Crippen molar-refractivity contribution in [3.8, 4) is 5.88 Å². The van der Waals surface area contributed by atoms with Gasteiger partial charge in [0.25, 0.3) is 0 Å². The maximum Gasteiger partial charge on any atom is 0.229 e. The minimum atomic E-state index is 0.512. The van der Waals surface area contributed by atoms with Gasteiger partial charge in [-0.15, -0.1) is 0 Å². The molecule has 0 unspecified atom stereocenters. The Kier molecular flexibility index (Phi) is 3.82. The molecule has 2 aliphatic rings. The van der Waals surface area contributed by atoms with Gasteiger partial charge in [0.05, 0.1) is 13.7 Å². The minimum absolute atomic E-state index is 0.512. The zero-order valence-electron chi connectivity index (χ0n) is 13.2. The standard InChI is InChI=1S/C15H20N6O2/c1-22-13-4-5-16-15(18-13)21-8-6-20(7-9-21)10-12-17-14(23-19-12)11-2-3-11/h4-5,11H,2-3,6-10H2,1H3. The molecule has 1 saturated carbocycles. The molecule has 122 valence electrons. The van der Waals surface area contributed by atoms with Gasteiger partial charge in [-0.2, -0.15) is 9.97 Å². The topological polar surface area (TPSA) is 80.4 Å². The van der Waals surface area contributed by atoms with E-state index in [0.717, 1.165) is 50.4 Å². The fourth-order valence-electron chi connectivity index (χ4n) is 2.73. The largest absolute Gasteiger partial charge is 0.481 e. The molecule has 0 atom stereocenters. The van der Waals surface area contributed by atoms with E-state index < -0.39 is 0 Å². The second kappa shape index (κ2) is 6.11. The van der Waals surface area contributed by atoms with E-state index >= 15 is 0 Å². The summed E-state index contributed by atoms with van der Waals surface area (Å²) in [5.74, 6) is 3.43. The molecule has 2 fully saturated rings. The summed E-state index contributed by atoms with van der Waals surface area (Å²) < 4.78 is 10.5. The zero-order valence-corrected chi connectivity index (χ0v) is 13.2. The van der Waals surface area contributed by atoms with Crippen LogP contribution in [0, 0.1) is 0 Å². The maximum atomic E-state index is 5.31. The van der Waals surface area contributed by atoms with E-state index in [1.54, 1.807) is 19.4 Å². The van der Waals surface area contributed by atoms with Crippen LogP contribution in [0.3, 0.4) is 0 Å². The van der Waals surface area contributed by atoms with E-state index in [4.69, 9.17) is 9.26 Å². The third-order valence-electron chi connectivity index (χ3n) is 4.26. The number of piperazine rings is 1. The highest BCUT2D eigenvalue weighted by atomic mass is 16.5. The Labute approximate surface area is 134 Å². The van der Waals surface area contributed by atoms with Crippen LogP contribution in [0.4, 0.5) is 5.95 Å². The molecular formula is C15H20N6O2. The van der Waals surface area contributed by atoms with Gasteiger partial charge in [0.2, 0.25) is 17.7 Å². The molecule has 0 radical (unpaired) electrons. The molecule has 0 aromatic carbocycles. The Morgan fingerprint density at radius 1 is 1.22 bits per heavy atom. The average Bonchev–Trinajstić information content (AvgIpc) is 3.35. The minimum Gasteiger partial charge on any atom is -0.481 e. The van der Waals surface area contributed by atoms with Crippen LogP contribution < -0.4 is 9.64 Å². The van der Waals surface area contributed by atoms with Crippen LogP contribution in [0.2, 0.25) is 0 Å². The highest BCUT2D eigenvalue weighted by Crippen LogP contribution is 2.38. The quantitative estimate of drug-likeness (QED) is 0.810. The van der Waals surface area contributed by atoms with Crippen LogP contribution in [0.5, 0.6) is 5.88 Å². The third-order valence-corrected chi connectivity index (χ3v) is 4.26. The second-order valence-corrected chi connectivity index (χ2v) is 5.99. The van der Waals surface area contributed by atoms with Gasteiger partial charge in [-0.3, -0.25) is 4.90 Å². The van der Waals surface area contributed by atoms with Gasteiger partial charge in [-0.1, -0.05) is 5.16 Å². The van der Waals surface area contributed by atoms with Crippen LogP contribution in [-0.2, 0) is 6.54 Å². The van der Waals surface area contributed by atoms with Crippen LogP contribution >= 0.6 is 0 Å². The molecular weight excluding hydrogens is 296 g/mol. The van der Waals surface area contributed by atoms with E-state index in [2.05, 4.69) is 29.9 Å². The predicted molar refractivity (Wildman–Crippen MR) is 82.3 cm³/mol. The van der Waals surface area contributed by atoms with Crippen molar-refractivity contribution in [2.24, 2.45) is 0 Å². The predicted octanol–water partition coefficient (Wildman–Crippen LogP) is 1.07. The van der Waals surface area contributed by atoms with Gasteiger partial charge in [-0.05, 0) is 12.8 Å². The first-order chi connectivity index (χ1) is 11.3. The summed E-state index contributed by atoms with van der Waals surface area (Å²) in [5, 5.41) is 4.09. The number of hydrogen-bond donors (Lipinski definition) is 0. The van der Waals surface area contributed by atoms with Gasteiger partial charge < -0.3 is 14.2 Å². The first kappa shape index (κ1) is 14.4. The molecule has 0 amide bonds. The van der Waals surface area contributed by atoms with E-state index in [9.17, 15) is 0 Å². The SMILES string of the molecule is COc1ccnc(N2CCN(Cc3noc(C4CC4)n3)CC2)n1. The van der Waals surface area contributed by atoms with Crippen LogP contribution in [0.1, 0.15) is 30.5 Å². The summed E-state index contributed by atoms with van der Waals surface area (Å²) in [6.07, 6.45) is 4.09. The molecule has 1 saturated heterocycles. The lowest BCUT2D eigenvalue weighted by atomic mass is 10.3. The van der Waals surface area contributed by atoms with E-state index in [0.29, 0.717) is 11.8 Å². The Balaban J connectivity index is 1.32. The zero-order chi connectivity index (χ0) is 15.6. The Bertz CT molecular complexity index is 663. The summed E-state index contributed by atoms with van der Waals surface area (Å²) in [6, 6.07) is 1.76. The molecule has 8 heteroatoms. The first-order valence-electron chi connectivity index (χ1n) is 7.98. The molecule has 0 N–H and O–H groups in total. The second-order valence-electron chi connectivity index (χ2n) is 5.99. The van der Waals surface area contributed by atoms with E-state index in [1.807, 2.05) is 0 Å². The molecule has 1 aliphatic heterocycles. The summed E-state index contributed by atoms with van der Waals surface area (Å²) in [5.41, 5.74) is 0. The van der Waals surface area contributed by atoms with Crippen molar-refractivity contribution in [1.29, 1.82) is 0 Å². The lowest BCUT2D eigenvalue weighted by Gasteiger charge is -2.33. The molecule has 23 heavy (non-hydrogen) atoms. The lowest BCUT2D eigenvalue weighted by molar-refractivity contribution is 0.238. The monoisotopic (exact) mass is 316 g/mol. The molecule has 3 heterocycles. The fourth-order valence-corrected chi connectivity index (χ4v) is 2.73. The number of aromatic nitrogens is 4. The van der Waals surface area contributed by atoms with Crippen LogP contribution in [0.15, 0.2) is 16.8 Å². The molecule has 0 spiro atoms. The number of rotatable bonds is 5. The molecule has 8 nitrogen and oxygen atoms in total. The maximum absolute atomic E-state index is 5.31. The van der Waals surface area contributed by atoms with Gasteiger partial charge in [0.15, 0.2) is 5.82 Å². The summed E-state index contributed by atoms with van der Waals surface area (Å²) >= 11 is 0. The van der Waals surface area contributed by atoms with Crippen LogP contribution in [0.25, 0.3) is 0 Å². The molecule has 1 aliphatic carbocycles. The smallest absolute Gasteiger partial charge is 0.229 e. The number of nitrogens with zero attached hydrogens (tertiary/aromatic N) is 6. The van der Waals surface area contributed by atoms with Crippen molar-refractivity contribution in [3.63, 3.8) is 0 Å². The van der Waals surface area contributed by atoms with Crippen molar-refractivity contribution in [2.45, 2.75) is 25.3 Å². The molecule has 2 aromatic rings. The van der Waals surface area contributed by atoms with Crippen molar-refractivity contribution in [2.75, 3.05) is 38.2 Å². The average molecular weight is 316 g/mol. The van der Waals surface area contributed by atoms with Gasteiger partial charge in [-0.25, -0.2) is 4.98 Å². The van der Waals surface area contributed by atoms with Gasteiger partial charge >= 0.3 is 0 Å². The first-order valence-corrected chi connectivity index (χ1v) is 7.98. The summed E-state index contributed by atoms with van der Waals surface area (Å²) in [4.78, 5) is 17.7. The number of methoxy groups -OCH3 is 1. The third kappa shape index (κ3) is 3.26. The van der Waals surface area contributed by atoms with Crippen LogP contribution in [-0.4, -0.2) is 58.3 Å². The highest BCUT2D eigenvalue weighted by molar-refractivity contribution is 5.32. The molecule has 4 rings (SSSR count). The van der Waals surface area contributed by atoms with Crippen molar-refractivity contribution in [1.82, 2.24) is 25.0 Å². The van der Waals surface area contributed by atoms with Crippen molar-refractivity contribution < 1.29 is 9.26 Å². The van der Waals surface area contributed by atoms with Gasteiger partial charge in [0, 0.05) is 44.4 Å². The Morgan fingerprint density at radius 2 is 2.04 bits per heavy atom. The van der Waals surface area contributed by atoms with Crippen molar-refractivity contribution >= 4 is 5.95 Å². The van der Waals surface area contributed by atoms with E-state index in [1.165, 1.54) is 12.8 Å². The lowest BCUT2D eigenvalue weighted by Crippen LogP contribution is -2.46. The van der Waals surface area contributed by atoms with Crippen molar-refractivity contribution in [3.05, 3.63) is 24.0 Å². The number of anilines is 1. The Hall–Kier alpha value is -2.22. The molecule has 0 bridgehead atoms. The Morgan fingerprint density at radius 3 is 2.78 bits per heavy atom. The normalized spacial score (nSPS) is 19.1.